The third-order valence-electron chi connectivity index (χ3n) is 5.35. The highest BCUT2D eigenvalue weighted by molar-refractivity contribution is 6.62. The summed E-state index contributed by atoms with van der Waals surface area (Å²) < 4.78 is 88.2. The smallest absolute Gasteiger partial charge is 0.373 e. The molecular weight excluding hydrogens is 423 g/mol. The van der Waals surface area contributed by atoms with Crippen molar-refractivity contribution in [1.82, 2.24) is 0 Å². The highest BCUT2D eigenvalue weighted by atomic mass is 28.4. The summed E-state index contributed by atoms with van der Waals surface area (Å²) in [7, 11) is -3.21. The first-order valence-corrected chi connectivity index (χ1v) is 12.6. The minimum atomic E-state index is -3.21. The van der Waals surface area contributed by atoms with Crippen LogP contribution in [-0.2, 0) is 13.3 Å². The Bertz CT molecular complexity index is 653. The Morgan fingerprint density at radius 1 is 0.700 bits per heavy atom. The van der Waals surface area contributed by atoms with Crippen LogP contribution in [0.15, 0.2) is 0 Å². The van der Waals surface area contributed by atoms with E-state index < -0.39 is 49.4 Å². The quantitative estimate of drug-likeness (QED) is 0.163. The third kappa shape index (κ3) is 5.41. The van der Waals surface area contributed by atoms with E-state index in [0.29, 0.717) is 39.1 Å². The molecule has 1 aliphatic carbocycles. The normalized spacial score (nSPS) is 20.0. The molecule has 0 aliphatic heterocycles. The molecule has 172 valence electrons. The Morgan fingerprint density at radius 2 is 1.13 bits per heavy atom. The maximum absolute atomic E-state index is 14.4. The molecule has 0 radical (unpaired) electrons. The van der Waals surface area contributed by atoms with Crippen LogP contribution < -0.4 is 0 Å². The first-order valence-electron chi connectivity index (χ1n) is 10.8. The molecule has 0 N–H and O–H groups in total. The molecule has 0 heterocycles. The van der Waals surface area contributed by atoms with Gasteiger partial charge in [-0.1, -0.05) is 27.2 Å². The molecule has 30 heavy (non-hydrogen) atoms. The second-order valence-electron chi connectivity index (χ2n) is 7.69. The molecule has 9 heteroatoms. The van der Waals surface area contributed by atoms with Crippen LogP contribution in [0.3, 0.4) is 0 Å². The van der Waals surface area contributed by atoms with E-state index in [1.807, 2.05) is 20.8 Å². The number of halogens is 5. The van der Waals surface area contributed by atoms with Crippen LogP contribution >= 0.6 is 0 Å². The van der Waals surface area contributed by atoms with E-state index in [-0.39, 0.29) is 12.0 Å². The fraction of sp³-hybridized carbons (Fsp3) is 0.714. The SMILES string of the molecule is CCCO[Si](OCCC)(OCCC)C1CCCC(c2c(F)c(F)c(F)c(F)c2F)C1. The van der Waals surface area contributed by atoms with Gasteiger partial charge >= 0.3 is 8.80 Å². The zero-order chi connectivity index (χ0) is 22.3. The van der Waals surface area contributed by atoms with Crippen molar-refractivity contribution in [3.8, 4) is 0 Å². The molecule has 0 aromatic heterocycles. The average molecular weight is 455 g/mol. The Morgan fingerprint density at radius 3 is 1.57 bits per heavy atom. The summed E-state index contributed by atoms with van der Waals surface area (Å²) in [5, 5.41) is 0. The maximum atomic E-state index is 14.4. The molecule has 0 saturated heterocycles. The van der Waals surface area contributed by atoms with Crippen LogP contribution in [-0.4, -0.2) is 28.6 Å². The summed E-state index contributed by atoms with van der Waals surface area (Å²) >= 11 is 0. The Hall–Kier alpha value is -1.03. The van der Waals surface area contributed by atoms with Crippen LogP contribution in [0.5, 0.6) is 0 Å². The molecule has 2 rings (SSSR count). The van der Waals surface area contributed by atoms with Crippen LogP contribution in [0.1, 0.15) is 77.2 Å². The van der Waals surface area contributed by atoms with Crippen molar-refractivity contribution in [3.63, 3.8) is 0 Å². The van der Waals surface area contributed by atoms with E-state index >= 15 is 0 Å². The van der Waals surface area contributed by atoms with Gasteiger partial charge in [0.25, 0.3) is 0 Å². The van der Waals surface area contributed by atoms with Gasteiger partial charge in [-0.05, 0) is 44.4 Å². The summed E-state index contributed by atoms with van der Waals surface area (Å²) in [6, 6.07) is 0. The van der Waals surface area contributed by atoms with Gasteiger partial charge < -0.3 is 13.3 Å². The largest absolute Gasteiger partial charge is 0.504 e. The van der Waals surface area contributed by atoms with E-state index in [1.54, 1.807) is 0 Å². The molecule has 1 aliphatic rings. The molecule has 3 nitrogen and oxygen atoms in total. The first-order chi connectivity index (χ1) is 14.3. The minimum absolute atomic E-state index is 0.196. The molecule has 1 saturated carbocycles. The van der Waals surface area contributed by atoms with Crippen molar-refractivity contribution < 1.29 is 35.2 Å². The first kappa shape index (κ1) is 25.2. The van der Waals surface area contributed by atoms with E-state index in [4.69, 9.17) is 13.3 Å². The van der Waals surface area contributed by atoms with Crippen LogP contribution in [0.4, 0.5) is 22.0 Å². The lowest BCUT2D eigenvalue weighted by Gasteiger charge is -2.40. The predicted octanol–water partition coefficient (Wildman–Crippen LogP) is 6.63. The Balaban J connectivity index is 2.39. The molecular formula is C21H31F5O3Si. The second kappa shape index (κ2) is 11.5. The molecule has 0 bridgehead atoms. The third-order valence-corrected chi connectivity index (χ3v) is 8.69. The standard InChI is InChI=1S/C21H31F5O3Si/c1-4-10-27-30(28-11-5-2,29-12-6-3)15-9-7-8-14(13-15)16-17(22)19(24)21(26)20(25)18(16)23/h14-15H,4-13H2,1-3H3. The van der Waals surface area contributed by atoms with Crippen molar-refractivity contribution in [1.29, 1.82) is 0 Å². The number of rotatable bonds is 11. The van der Waals surface area contributed by atoms with Gasteiger partial charge in [0.1, 0.15) is 0 Å². The topological polar surface area (TPSA) is 27.7 Å². The lowest BCUT2D eigenvalue weighted by atomic mass is 9.83. The van der Waals surface area contributed by atoms with Gasteiger partial charge in [0.15, 0.2) is 23.3 Å². The molecule has 1 fully saturated rings. The fourth-order valence-corrected chi connectivity index (χ4v) is 7.52. The molecule has 1 aromatic carbocycles. The molecule has 0 spiro atoms. The van der Waals surface area contributed by atoms with Gasteiger partial charge in [-0.25, -0.2) is 22.0 Å². The lowest BCUT2D eigenvalue weighted by Crippen LogP contribution is -2.52. The van der Waals surface area contributed by atoms with Crippen molar-refractivity contribution in [2.24, 2.45) is 0 Å². The van der Waals surface area contributed by atoms with Crippen molar-refractivity contribution >= 4 is 8.80 Å². The van der Waals surface area contributed by atoms with E-state index in [1.165, 1.54) is 0 Å². The van der Waals surface area contributed by atoms with E-state index in [9.17, 15) is 22.0 Å². The fourth-order valence-electron chi connectivity index (χ4n) is 3.96. The monoisotopic (exact) mass is 454 g/mol. The van der Waals surface area contributed by atoms with Gasteiger partial charge in [0.2, 0.25) is 5.82 Å². The van der Waals surface area contributed by atoms with Crippen molar-refractivity contribution in [2.75, 3.05) is 19.8 Å². The molecule has 0 amide bonds. The number of hydrogen-bond acceptors (Lipinski definition) is 3. The van der Waals surface area contributed by atoms with Crippen molar-refractivity contribution in [3.05, 3.63) is 34.6 Å². The minimum Gasteiger partial charge on any atom is -0.373 e. The summed E-state index contributed by atoms with van der Waals surface area (Å²) in [6.45, 7) is 7.13. The molecule has 2 atom stereocenters. The predicted molar refractivity (Wildman–Crippen MR) is 106 cm³/mol. The Kier molecular flexibility index (Phi) is 9.71. The highest BCUT2D eigenvalue weighted by Gasteiger charge is 2.51. The van der Waals surface area contributed by atoms with Crippen molar-refractivity contribution in [2.45, 2.75) is 77.2 Å². The number of benzene rings is 1. The van der Waals surface area contributed by atoms with Crippen LogP contribution in [0, 0.1) is 29.1 Å². The van der Waals surface area contributed by atoms with Gasteiger partial charge in [0, 0.05) is 30.9 Å². The molecule has 1 aromatic rings. The summed E-state index contributed by atoms with van der Waals surface area (Å²) in [5.41, 5.74) is -1.00. The van der Waals surface area contributed by atoms with E-state index in [2.05, 4.69) is 0 Å². The van der Waals surface area contributed by atoms with Crippen LogP contribution in [0.2, 0.25) is 5.54 Å². The summed E-state index contributed by atoms with van der Waals surface area (Å²) in [4.78, 5) is 0. The van der Waals surface area contributed by atoms with E-state index in [0.717, 1.165) is 19.3 Å². The summed E-state index contributed by atoms with van der Waals surface area (Å²) in [6.07, 6.45) is 3.98. The van der Waals surface area contributed by atoms with Gasteiger partial charge in [0.05, 0.1) is 0 Å². The van der Waals surface area contributed by atoms with Crippen LogP contribution in [0.25, 0.3) is 0 Å². The summed E-state index contributed by atoms with van der Waals surface area (Å²) in [5.74, 6) is -10.2. The van der Waals surface area contributed by atoms with Gasteiger partial charge in [-0.2, -0.15) is 0 Å². The highest BCUT2D eigenvalue weighted by Crippen LogP contribution is 2.47. The lowest BCUT2D eigenvalue weighted by molar-refractivity contribution is 0.0437. The zero-order valence-corrected chi connectivity index (χ0v) is 18.8. The average Bonchev–Trinajstić information content (AvgIpc) is 2.76. The zero-order valence-electron chi connectivity index (χ0n) is 17.8. The van der Waals surface area contributed by atoms with Gasteiger partial charge in [-0.3, -0.25) is 0 Å². The second-order valence-corrected chi connectivity index (χ2v) is 10.6. The maximum Gasteiger partial charge on any atom is 0.504 e. The molecule has 2 unspecified atom stereocenters. The number of hydrogen-bond donors (Lipinski definition) is 0. The Labute approximate surface area is 176 Å². The van der Waals surface area contributed by atoms with Gasteiger partial charge in [-0.15, -0.1) is 0 Å².